The first-order valence-electron chi connectivity index (χ1n) is 1.48. The van der Waals surface area contributed by atoms with Crippen LogP contribution in [0.5, 0.6) is 0 Å². The summed E-state index contributed by atoms with van der Waals surface area (Å²) in [4.78, 5) is 0. The third-order valence-corrected chi connectivity index (χ3v) is 0. The van der Waals surface area contributed by atoms with Gasteiger partial charge >= 0.3 is 49.6 Å². The van der Waals surface area contributed by atoms with Crippen LogP contribution >= 0.6 is 36.8 Å². The zero-order valence-electron chi connectivity index (χ0n) is 3.97. The summed E-state index contributed by atoms with van der Waals surface area (Å²) in [6.07, 6.45) is 0. The van der Waals surface area contributed by atoms with Crippen molar-refractivity contribution in [1.82, 2.24) is 0 Å². The van der Waals surface area contributed by atoms with Gasteiger partial charge in [-0.05, 0) is 6.92 Å². The Balaban J connectivity index is 0. The van der Waals surface area contributed by atoms with Gasteiger partial charge in [0.15, 0.2) is 0 Å². The zero-order valence-corrected chi connectivity index (χ0v) is 9.16. The van der Waals surface area contributed by atoms with Crippen molar-refractivity contribution in [2.45, 2.75) is 6.92 Å². The average Bonchev–Trinajstić information content (AvgIpc) is 1.27. The van der Waals surface area contributed by atoms with Gasteiger partial charge in [-0.15, -0.1) is 0 Å². The molecule has 0 saturated heterocycles. The first-order valence-corrected chi connectivity index (χ1v) is 12.2. The summed E-state index contributed by atoms with van der Waals surface area (Å²) in [6.45, 7) is 1.93. The van der Waals surface area contributed by atoms with Gasteiger partial charge in [0, 0.05) is 6.61 Å². The molecule has 0 aliphatic rings. The fraction of sp³-hybridized carbons (Fsp3) is 1.00. The molecule has 0 spiro atoms. The van der Waals surface area contributed by atoms with Gasteiger partial charge in [-0.1, -0.05) is 0 Å². The summed E-state index contributed by atoms with van der Waals surface area (Å²) in [5.41, 5.74) is 0. The summed E-state index contributed by atoms with van der Waals surface area (Å²) < 4.78 is 0. The molecule has 0 bridgehead atoms. The second kappa shape index (κ2) is 6.97. The molecule has 0 unspecified atom stereocenters. The van der Waals surface area contributed by atoms with Gasteiger partial charge < -0.3 is 5.11 Å². The van der Waals surface area contributed by atoms with Crippen molar-refractivity contribution < 1.29 is 17.9 Å². The molecule has 1 N–H and O–H groups in total. The number of aliphatic hydroxyl groups is 1. The molecular formula is C2H6AuCl4O. The van der Waals surface area contributed by atoms with Crippen LogP contribution in [0.4, 0.5) is 0 Å². The van der Waals surface area contributed by atoms with Crippen LogP contribution in [0.25, 0.3) is 0 Å². The molecule has 0 fully saturated rings. The fourth-order valence-corrected chi connectivity index (χ4v) is 0. The molecule has 0 aromatic heterocycles. The molecule has 0 aromatic carbocycles. The van der Waals surface area contributed by atoms with E-state index in [4.69, 9.17) is 41.9 Å². The van der Waals surface area contributed by atoms with Crippen LogP contribution in [0.3, 0.4) is 0 Å². The van der Waals surface area contributed by atoms with Gasteiger partial charge in [-0.2, -0.15) is 0 Å². The molecule has 59 valence electrons. The minimum atomic E-state index is -3.00. The van der Waals surface area contributed by atoms with E-state index in [0.29, 0.717) is 0 Å². The number of hydrogen-bond donors (Lipinski definition) is 1. The van der Waals surface area contributed by atoms with Crippen molar-refractivity contribution in [3.63, 3.8) is 0 Å². The van der Waals surface area contributed by atoms with Crippen molar-refractivity contribution in [2.24, 2.45) is 0 Å². The van der Waals surface area contributed by atoms with Gasteiger partial charge in [0.25, 0.3) is 0 Å². The molecular weight excluding hydrogens is 379 g/mol. The Labute approximate surface area is 67.7 Å². The Morgan fingerprint density at radius 2 is 1.25 bits per heavy atom. The Hall–Kier alpha value is 1.86. The second-order valence-corrected chi connectivity index (χ2v) is 19.4. The molecule has 0 heterocycles. The molecule has 0 aromatic rings. The summed E-state index contributed by atoms with van der Waals surface area (Å²) in [5.74, 6) is 0. The van der Waals surface area contributed by atoms with E-state index in [2.05, 4.69) is 0 Å². The number of rotatable bonds is 0. The van der Waals surface area contributed by atoms with E-state index in [0.717, 1.165) is 0 Å². The number of halogens is 4. The van der Waals surface area contributed by atoms with Crippen LogP contribution in [0.15, 0.2) is 0 Å². The van der Waals surface area contributed by atoms with Crippen LogP contribution in [-0.4, -0.2) is 11.7 Å². The van der Waals surface area contributed by atoms with Crippen molar-refractivity contribution in [3.8, 4) is 0 Å². The van der Waals surface area contributed by atoms with Crippen LogP contribution < -0.4 is 0 Å². The Morgan fingerprint density at radius 3 is 1.25 bits per heavy atom. The van der Waals surface area contributed by atoms with Crippen molar-refractivity contribution in [1.29, 1.82) is 0 Å². The summed E-state index contributed by atoms with van der Waals surface area (Å²) in [5, 5.41) is 7.57. The van der Waals surface area contributed by atoms with Gasteiger partial charge in [0.05, 0.1) is 0 Å². The topological polar surface area (TPSA) is 20.2 Å². The van der Waals surface area contributed by atoms with Crippen LogP contribution in [-0.2, 0) is 12.8 Å². The Kier molecular flexibility index (Phi) is 10.9. The van der Waals surface area contributed by atoms with Crippen molar-refractivity contribution in [3.05, 3.63) is 0 Å². The van der Waals surface area contributed by atoms with Crippen LogP contribution in [0.1, 0.15) is 6.92 Å². The first kappa shape index (κ1) is 12.5. The molecule has 0 atom stereocenters. The molecule has 6 heteroatoms. The van der Waals surface area contributed by atoms with Crippen molar-refractivity contribution >= 4 is 36.8 Å². The summed E-state index contributed by atoms with van der Waals surface area (Å²) >= 11 is -3.00. The van der Waals surface area contributed by atoms with E-state index >= 15 is 0 Å². The maximum absolute atomic E-state index is 7.57. The fourth-order valence-electron chi connectivity index (χ4n) is 0. The predicted octanol–water partition coefficient (Wildman–Crippen LogP) is 2.75. The van der Waals surface area contributed by atoms with E-state index in [1.54, 1.807) is 6.92 Å². The third-order valence-electron chi connectivity index (χ3n) is 0. The van der Waals surface area contributed by atoms with Crippen molar-refractivity contribution in [2.75, 3.05) is 6.61 Å². The van der Waals surface area contributed by atoms with E-state index in [-0.39, 0.29) is 6.61 Å². The van der Waals surface area contributed by atoms with Gasteiger partial charge in [0.2, 0.25) is 0 Å². The molecule has 8 heavy (non-hydrogen) atoms. The number of aliphatic hydroxyl groups excluding tert-OH is 1. The SMILES string of the molecule is CCO.[Cl][Au]([Cl])([Cl])[Cl]. The molecule has 1 nitrogen and oxygen atoms in total. The maximum atomic E-state index is 7.57. The quantitative estimate of drug-likeness (QED) is 0.637. The van der Waals surface area contributed by atoms with Gasteiger partial charge in [0.1, 0.15) is 0 Å². The van der Waals surface area contributed by atoms with Crippen LogP contribution in [0.2, 0.25) is 0 Å². The standard InChI is InChI=1S/C2H6O.Au.4ClH/c1-2-3;;;;;/h3H,2H2,1H3;;4*1H/q;+4;;;;/p-4. The number of hydrogen-bond acceptors (Lipinski definition) is 1. The van der Waals surface area contributed by atoms with E-state index in [9.17, 15) is 0 Å². The molecule has 0 radical (unpaired) electrons. The molecule has 0 aliphatic heterocycles. The normalized spacial score (nSPS) is 11.8. The molecule has 0 amide bonds. The molecule has 0 aliphatic carbocycles. The predicted molar refractivity (Wildman–Crippen MR) is 36.2 cm³/mol. The second-order valence-electron chi connectivity index (χ2n) is 0.575. The van der Waals surface area contributed by atoms with E-state index < -0.39 is 12.8 Å². The molecule has 0 rings (SSSR count). The zero-order chi connectivity index (χ0) is 7.21. The average molecular weight is 385 g/mol. The van der Waals surface area contributed by atoms with E-state index in [1.807, 2.05) is 0 Å². The van der Waals surface area contributed by atoms with Gasteiger partial charge in [-0.25, -0.2) is 0 Å². The monoisotopic (exact) mass is 383 g/mol. The third kappa shape index (κ3) is 107. The summed E-state index contributed by atoms with van der Waals surface area (Å²) in [6, 6.07) is 0. The Bertz CT molecular complexity index is 37.8. The van der Waals surface area contributed by atoms with Crippen LogP contribution in [0, 0.1) is 0 Å². The molecule has 0 saturated carbocycles. The van der Waals surface area contributed by atoms with Gasteiger partial charge in [-0.3, -0.25) is 0 Å². The van der Waals surface area contributed by atoms with E-state index in [1.165, 1.54) is 0 Å². The Morgan fingerprint density at radius 1 is 1.25 bits per heavy atom. The summed E-state index contributed by atoms with van der Waals surface area (Å²) in [7, 11) is 20.0. The first-order chi connectivity index (χ1) is 3.41. The minimum absolute atomic E-state index is 0.250.